The molecule has 0 saturated heterocycles. The van der Waals surface area contributed by atoms with Crippen LogP contribution in [0.25, 0.3) is 0 Å². The fourth-order valence-corrected chi connectivity index (χ4v) is 2.50. The molecule has 0 fully saturated rings. The van der Waals surface area contributed by atoms with E-state index in [-0.39, 0.29) is 12.8 Å². The number of primary amides is 1. The molecule has 18 heavy (non-hydrogen) atoms. The van der Waals surface area contributed by atoms with Crippen LogP contribution >= 0.6 is 27.3 Å². The normalized spacial score (nSPS) is 11.8. The highest BCUT2D eigenvalue weighted by Gasteiger charge is 2.21. The Labute approximate surface area is 115 Å². The van der Waals surface area contributed by atoms with Crippen LogP contribution in [0.4, 0.5) is 0 Å². The molecule has 0 bridgehead atoms. The molecular formula is C10H11BrN2O4S. The van der Waals surface area contributed by atoms with Crippen LogP contribution < -0.4 is 11.1 Å². The highest BCUT2D eigenvalue weighted by Crippen LogP contribution is 2.22. The van der Waals surface area contributed by atoms with Gasteiger partial charge in [-0.15, -0.1) is 11.3 Å². The first-order chi connectivity index (χ1) is 8.40. The smallest absolute Gasteiger partial charge is 0.326 e. The summed E-state index contributed by atoms with van der Waals surface area (Å²) in [6, 6.07) is 2.15. The Kier molecular flexibility index (Phi) is 5.29. The van der Waals surface area contributed by atoms with Gasteiger partial charge in [0.25, 0.3) is 5.91 Å². The summed E-state index contributed by atoms with van der Waals surface area (Å²) in [7, 11) is 0. The molecule has 8 heteroatoms. The van der Waals surface area contributed by atoms with E-state index < -0.39 is 23.8 Å². The molecule has 1 rings (SSSR count). The SMILES string of the molecule is NC(=O)CC[C@H](NC(=O)c1ccc(Br)s1)C(=O)O. The summed E-state index contributed by atoms with van der Waals surface area (Å²) in [6.07, 6.45) is -0.117. The molecule has 1 atom stereocenters. The lowest BCUT2D eigenvalue weighted by Gasteiger charge is -2.12. The topological polar surface area (TPSA) is 109 Å². The van der Waals surface area contributed by atoms with E-state index in [1.807, 2.05) is 0 Å². The Hall–Kier alpha value is -1.41. The van der Waals surface area contributed by atoms with E-state index in [9.17, 15) is 14.4 Å². The van der Waals surface area contributed by atoms with Crippen LogP contribution in [0, 0.1) is 0 Å². The van der Waals surface area contributed by atoms with Crippen LogP contribution in [0.2, 0.25) is 0 Å². The fourth-order valence-electron chi connectivity index (χ4n) is 1.21. The number of hydrogen-bond donors (Lipinski definition) is 3. The van der Waals surface area contributed by atoms with Crippen molar-refractivity contribution < 1.29 is 19.5 Å². The van der Waals surface area contributed by atoms with Gasteiger partial charge in [-0.1, -0.05) is 0 Å². The van der Waals surface area contributed by atoms with Crippen LogP contribution in [-0.2, 0) is 9.59 Å². The lowest BCUT2D eigenvalue weighted by Crippen LogP contribution is -2.41. The zero-order valence-electron chi connectivity index (χ0n) is 9.18. The minimum absolute atomic E-state index is 0.0248. The Bertz CT molecular complexity index is 474. The minimum atomic E-state index is -1.19. The zero-order valence-corrected chi connectivity index (χ0v) is 11.6. The molecule has 98 valence electrons. The first-order valence-corrected chi connectivity index (χ1v) is 6.58. The van der Waals surface area contributed by atoms with E-state index >= 15 is 0 Å². The number of rotatable bonds is 6. The van der Waals surface area contributed by atoms with Gasteiger partial charge in [0.15, 0.2) is 0 Å². The Morgan fingerprint density at radius 1 is 1.44 bits per heavy atom. The van der Waals surface area contributed by atoms with Crippen molar-refractivity contribution >= 4 is 45.1 Å². The van der Waals surface area contributed by atoms with Gasteiger partial charge in [0.2, 0.25) is 5.91 Å². The molecule has 0 unspecified atom stereocenters. The van der Waals surface area contributed by atoms with E-state index in [1.54, 1.807) is 12.1 Å². The Morgan fingerprint density at radius 2 is 2.11 bits per heavy atom. The number of thiophene rings is 1. The molecule has 0 aliphatic heterocycles. The number of halogens is 1. The van der Waals surface area contributed by atoms with Crippen LogP contribution in [0.1, 0.15) is 22.5 Å². The van der Waals surface area contributed by atoms with E-state index in [0.29, 0.717) is 4.88 Å². The molecule has 4 N–H and O–H groups in total. The average Bonchev–Trinajstić information content (AvgIpc) is 2.70. The van der Waals surface area contributed by atoms with Crippen LogP contribution in [0.5, 0.6) is 0 Å². The summed E-state index contributed by atoms with van der Waals surface area (Å²) < 4.78 is 0.775. The highest BCUT2D eigenvalue weighted by atomic mass is 79.9. The predicted octanol–water partition coefficient (Wildman–Crippen LogP) is 0.959. The molecule has 2 amide bonds. The molecule has 0 aromatic carbocycles. The van der Waals surface area contributed by atoms with Gasteiger partial charge in [-0.2, -0.15) is 0 Å². The quantitative estimate of drug-likeness (QED) is 0.719. The summed E-state index contributed by atoms with van der Waals surface area (Å²) in [6.45, 7) is 0. The van der Waals surface area contributed by atoms with Gasteiger partial charge in [-0.3, -0.25) is 9.59 Å². The second kappa shape index (κ2) is 6.50. The molecule has 0 saturated carbocycles. The standard InChI is InChI=1S/C10H11BrN2O4S/c11-7-3-2-6(18-7)9(15)13-5(10(16)17)1-4-8(12)14/h2-3,5H,1,4H2,(H2,12,14)(H,13,15)(H,16,17)/t5-/m0/s1. The fraction of sp³-hybridized carbons (Fsp3) is 0.300. The van der Waals surface area contributed by atoms with Crippen LogP contribution in [-0.4, -0.2) is 28.9 Å². The van der Waals surface area contributed by atoms with E-state index in [1.165, 1.54) is 11.3 Å². The zero-order chi connectivity index (χ0) is 13.7. The molecule has 1 aromatic rings. The number of amides is 2. The number of nitrogens with two attached hydrogens (primary N) is 1. The van der Waals surface area contributed by atoms with Crippen molar-refractivity contribution in [2.24, 2.45) is 5.73 Å². The third-order valence-electron chi connectivity index (χ3n) is 2.08. The van der Waals surface area contributed by atoms with Crippen molar-refractivity contribution in [3.8, 4) is 0 Å². The minimum Gasteiger partial charge on any atom is -0.480 e. The van der Waals surface area contributed by atoms with Gasteiger partial charge in [0.05, 0.1) is 8.66 Å². The number of carboxylic acid groups (broad SMARTS) is 1. The third kappa shape index (κ3) is 4.46. The summed E-state index contributed by atoms with van der Waals surface area (Å²) in [5.41, 5.74) is 4.94. The van der Waals surface area contributed by atoms with Crippen molar-refractivity contribution in [3.05, 3.63) is 20.8 Å². The first kappa shape index (κ1) is 14.7. The molecule has 0 aliphatic rings. The number of aliphatic carboxylic acids is 1. The van der Waals surface area contributed by atoms with E-state index in [4.69, 9.17) is 10.8 Å². The van der Waals surface area contributed by atoms with Gasteiger partial charge < -0.3 is 16.2 Å². The van der Waals surface area contributed by atoms with E-state index in [2.05, 4.69) is 21.2 Å². The molecular weight excluding hydrogens is 324 g/mol. The maximum Gasteiger partial charge on any atom is 0.326 e. The first-order valence-electron chi connectivity index (χ1n) is 4.97. The Morgan fingerprint density at radius 3 is 2.56 bits per heavy atom. The van der Waals surface area contributed by atoms with Crippen LogP contribution in [0.15, 0.2) is 15.9 Å². The number of carbonyl (C=O) groups is 3. The number of hydrogen-bond acceptors (Lipinski definition) is 4. The maximum absolute atomic E-state index is 11.7. The molecule has 1 aromatic heterocycles. The van der Waals surface area contributed by atoms with Crippen molar-refractivity contribution in [1.82, 2.24) is 5.32 Å². The predicted molar refractivity (Wildman–Crippen MR) is 69.3 cm³/mol. The van der Waals surface area contributed by atoms with Gasteiger partial charge in [-0.05, 0) is 34.5 Å². The average molecular weight is 335 g/mol. The lowest BCUT2D eigenvalue weighted by atomic mass is 10.1. The van der Waals surface area contributed by atoms with Crippen molar-refractivity contribution in [3.63, 3.8) is 0 Å². The van der Waals surface area contributed by atoms with Gasteiger partial charge >= 0.3 is 5.97 Å². The third-order valence-corrected chi connectivity index (χ3v) is 3.70. The summed E-state index contributed by atoms with van der Waals surface area (Å²) >= 11 is 4.40. The monoisotopic (exact) mass is 334 g/mol. The number of nitrogens with one attached hydrogen (secondary N) is 1. The summed E-state index contributed by atoms with van der Waals surface area (Å²) in [5.74, 6) is -2.28. The molecule has 0 aliphatic carbocycles. The summed E-state index contributed by atoms with van der Waals surface area (Å²) in [5, 5.41) is 11.3. The van der Waals surface area contributed by atoms with E-state index in [0.717, 1.165) is 3.79 Å². The van der Waals surface area contributed by atoms with Gasteiger partial charge in [0.1, 0.15) is 6.04 Å². The number of carbonyl (C=O) groups excluding carboxylic acids is 2. The van der Waals surface area contributed by atoms with Crippen molar-refractivity contribution in [2.75, 3.05) is 0 Å². The highest BCUT2D eigenvalue weighted by molar-refractivity contribution is 9.11. The van der Waals surface area contributed by atoms with Crippen molar-refractivity contribution in [2.45, 2.75) is 18.9 Å². The number of carboxylic acids is 1. The maximum atomic E-state index is 11.7. The summed E-state index contributed by atoms with van der Waals surface area (Å²) in [4.78, 5) is 33.6. The largest absolute Gasteiger partial charge is 0.480 e. The molecule has 1 heterocycles. The second-order valence-electron chi connectivity index (χ2n) is 3.47. The molecule has 6 nitrogen and oxygen atoms in total. The van der Waals surface area contributed by atoms with Gasteiger partial charge in [0, 0.05) is 6.42 Å². The second-order valence-corrected chi connectivity index (χ2v) is 5.94. The molecule has 0 spiro atoms. The van der Waals surface area contributed by atoms with Crippen molar-refractivity contribution in [1.29, 1.82) is 0 Å². The van der Waals surface area contributed by atoms with Crippen LogP contribution in [0.3, 0.4) is 0 Å². The van der Waals surface area contributed by atoms with Gasteiger partial charge in [-0.25, -0.2) is 4.79 Å². The molecule has 0 radical (unpaired) electrons. The lowest BCUT2D eigenvalue weighted by molar-refractivity contribution is -0.139. The Balaban J connectivity index is 2.63.